The molecule has 0 saturated heterocycles. The van der Waals surface area contributed by atoms with Crippen LogP contribution in [0, 0.1) is 6.92 Å². The molecule has 4 heteroatoms. The smallest absolute Gasteiger partial charge is 0.221 e. The van der Waals surface area contributed by atoms with Crippen molar-refractivity contribution in [3.05, 3.63) is 24.5 Å². The molecule has 0 spiro atoms. The number of hydrogen-bond acceptors (Lipinski definition) is 4. The average molecular weight is 207 g/mol. The summed E-state index contributed by atoms with van der Waals surface area (Å²) in [5.41, 5.74) is 0.943. The second-order valence-electron chi connectivity index (χ2n) is 3.18. The molecule has 0 amide bonds. The van der Waals surface area contributed by atoms with Crippen molar-refractivity contribution in [2.45, 2.75) is 19.8 Å². The summed E-state index contributed by atoms with van der Waals surface area (Å²) in [6.45, 7) is 6.26. The second kappa shape index (κ2) is 6.01. The molecular formula is C11H17N3O. The number of unbranched alkanes of at least 4 members (excludes halogenated alkanes) is 1. The molecule has 82 valence electrons. The second-order valence-corrected chi connectivity index (χ2v) is 3.18. The maximum absolute atomic E-state index is 5.54. The lowest BCUT2D eigenvalue weighted by molar-refractivity contribution is 0.298. The van der Waals surface area contributed by atoms with Crippen molar-refractivity contribution >= 4 is 5.82 Å². The van der Waals surface area contributed by atoms with Crippen molar-refractivity contribution in [2.75, 3.05) is 19.0 Å². The SMILES string of the molecule is C=CCCCOc1ncnc(NC)c1C. The van der Waals surface area contributed by atoms with Crippen molar-refractivity contribution < 1.29 is 4.74 Å². The highest BCUT2D eigenvalue weighted by Crippen LogP contribution is 2.19. The van der Waals surface area contributed by atoms with Crippen LogP contribution in [-0.4, -0.2) is 23.6 Å². The fraction of sp³-hybridized carbons (Fsp3) is 0.455. The van der Waals surface area contributed by atoms with Crippen LogP contribution in [0.1, 0.15) is 18.4 Å². The third-order valence-corrected chi connectivity index (χ3v) is 2.07. The minimum absolute atomic E-state index is 0.651. The number of nitrogens with zero attached hydrogens (tertiary/aromatic N) is 2. The van der Waals surface area contributed by atoms with Gasteiger partial charge in [-0.1, -0.05) is 6.08 Å². The van der Waals surface area contributed by atoms with Gasteiger partial charge in [-0.05, 0) is 19.8 Å². The predicted molar refractivity (Wildman–Crippen MR) is 61.2 cm³/mol. The summed E-state index contributed by atoms with van der Waals surface area (Å²) in [6, 6.07) is 0. The quantitative estimate of drug-likeness (QED) is 0.573. The summed E-state index contributed by atoms with van der Waals surface area (Å²) in [4.78, 5) is 8.17. The molecule has 1 aromatic rings. The molecule has 0 aliphatic carbocycles. The highest BCUT2D eigenvalue weighted by Gasteiger charge is 2.05. The zero-order valence-corrected chi connectivity index (χ0v) is 9.29. The minimum atomic E-state index is 0.651. The van der Waals surface area contributed by atoms with Gasteiger partial charge in [0.1, 0.15) is 12.1 Å². The monoisotopic (exact) mass is 207 g/mol. The molecule has 0 unspecified atom stereocenters. The van der Waals surface area contributed by atoms with Gasteiger partial charge in [-0.2, -0.15) is 0 Å². The first-order chi connectivity index (χ1) is 7.29. The van der Waals surface area contributed by atoms with E-state index in [0.717, 1.165) is 24.2 Å². The molecule has 15 heavy (non-hydrogen) atoms. The van der Waals surface area contributed by atoms with E-state index in [9.17, 15) is 0 Å². The highest BCUT2D eigenvalue weighted by atomic mass is 16.5. The number of allylic oxidation sites excluding steroid dienone is 1. The van der Waals surface area contributed by atoms with Crippen molar-refractivity contribution in [3.63, 3.8) is 0 Å². The van der Waals surface area contributed by atoms with E-state index in [0.29, 0.717) is 12.5 Å². The number of rotatable bonds is 6. The van der Waals surface area contributed by atoms with Gasteiger partial charge in [0.25, 0.3) is 0 Å². The van der Waals surface area contributed by atoms with Gasteiger partial charge in [-0.15, -0.1) is 6.58 Å². The van der Waals surface area contributed by atoms with Crippen LogP contribution in [0.3, 0.4) is 0 Å². The van der Waals surface area contributed by atoms with Crippen LogP contribution >= 0.6 is 0 Å². The Hall–Kier alpha value is -1.58. The highest BCUT2D eigenvalue weighted by molar-refractivity contribution is 5.46. The molecule has 1 rings (SSSR count). The zero-order chi connectivity index (χ0) is 11.1. The minimum Gasteiger partial charge on any atom is -0.477 e. The number of hydrogen-bond donors (Lipinski definition) is 1. The van der Waals surface area contributed by atoms with Crippen molar-refractivity contribution in [1.29, 1.82) is 0 Å². The number of anilines is 1. The van der Waals surface area contributed by atoms with Gasteiger partial charge >= 0.3 is 0 Å². The molecule has 0 atom stereocenters. The fourth-order valence-corrected chi connectivity index (χ4v) is 1.23. The molecule has 0 aliphatic heterocycles. The van der Waals surface area contributed by atoms with Gasteiger partial charge in [0, 0.05) is 7.05 Å². The Morgan fingerprint density at radius 1 is 1.53 bits per heavy atom. The van der Waals surface area contributed by atoms with E-state index in [4.69, 9.17) is 4.74 Å². The van der Waals surface area contributed by atoms with Crippen LogP contribution in [0.5, 0.6) is 5.88 Å². The summed E-state index contributed by atoms with van der Waals surface area (Å²) in [5.74, 6) is 1.46. The Labute approximate surface area is 90.4 Å². The maximum atomic E-state index is 5.54. The molecule has 0 fully saturated rings. The number of nitrogens with one attached hydrogen (secondary N) is 1. The van der Waals surface area contributed by atoms with Crippen LogP contribution in [0.15, 0.2) is 19.0 Å². The number of aromatic nitrogens is 2. The van der Waals surface area contributed by atoms with E-state index in [-0.39, 0.29) is 0 Å². The maximum Gasteiger partial charge on any atom is 0.221 e. The van der Waals surface area contributed by atoms with Crippen molar-refractivity contribution in [3.8, 4) is 5.88 Å². The van der Waals surface area contributed by atoms with E-state index in [1.807, 2.05) is 20.0 Å². The Kier molecular flexibility index (Phi) is 4.60. The molecular weight excluding hydrogens is 190 g/mol. The first-order valence-corrected chi connectivity index (χ1v) is 5.02. The van der Waals surface area contributed by atoms with Gasteiger partial charge in [0.2, 0.25) is 5.88 Å². The third kappa shape index (κ3) is 3.23. The van der Waals surface area contributed by atoms with Gasteiger partial charge in [-0.25, -0.2) is 9.97 Å². The zero-order valence-electron chi connectivity index (χ0n) is 9.29. The van der Waals surface area contributed by atoms with Crippen LogP contribution < -0.4 is 10.1 Å². The summed E-state index contributed by atoms with van der Waals surface area (Å²) >= 11 is 0. The topological polar surface area (TPSA) is 47.0 Å². The van der Waals surface area contributed by atoms with Crippen molar-refractivity contribution in [2.24, 2.45) is 0 Å². The molecule has 1 N–H and O–H groups in total. The van der Waals surface area contributed by atoms with E-state index in [1.54, 1.807) is 0 Å². The van der Waals surface area contributed by atoms with Gasteiger partial charge in [0.15, 0.2) is 0 Å². The Morgan fingerprint density at radius 2 is 2.33 bits per heavy atom. The summed E-state index contributed by atoms with van der Waals surface area (Å²) < 4.78 is 5.54. The third-order valence-electron chi connectivity index (χ3n) is 2.07. The summed E-state index contributed by atoms with van der Waals surface area (Å²) in [5, 5.41) is 2.99. The lowest BCUT2D eigenvalue weighted by Gasteiger charge is -2.09. The molecule has 0 saturated carbocycles. The molecule has 1 heterocycles. The van der Waals surface area contributed by atoms with Crippen LogP contribution in [0.2, 0.25) is 0 Å². The Morgan fingerprint density at radius 3 is 3.00 bits per heavy atom. The lowest BCUT2D eigenvalue weighted by Crippen LogP contribution is -2.04. The normalized spacial score (nSPS) is 9.73. The van der Waals surface area contributed by atoms with Gasteiger partial charge < -0.3 is 10.1 Å². The van der Waals surface area contributed by atoms with Crippen LogP contribution in [-0.2, 0) is 0 Å². The first-order valence-electron chi connectivity index (χ1n) is 5.02. The van der Waals surface area contributed by atoms with E-state index in [2.05, 4.69) is 21.9 Å². The molecule has 1 aromatic heterocycles. The summed E-state index contributed by atoms with van der Waals surface area (Å²) in [6.07, 6.45) is 5.31. The van der Waals surface area contributed by atoms with Crippen LogP contribution in [0.25, 0.3) is 0 Å². The van der Waals surface area contributed by atoms with Crippen molar-refractivity contribution in [1.82, 2.24) is 9.97 Å². The van der Waals surface area contributed by atoms with E-state index >= 15 is 0 Å². The van der Waals surface area contributed by atoms with Gasteiger partial charge in [-0.3, -0.25) is 0 Å². The molecule has 4 nitrogen and oxygen atoms in total. The molecule has 0 bridgehead atoms. The Balaban J connectivity index is 2.56. The summed E-state index contributed by atoms with van der Waals surface area (Å²) in [7, 11) is 1.83. The van der Waals surface area contributed by atoms with E-state index in [1.165, 1.54) is 6.33 Å². The van der Waals surface area contributed by atoms with Gasteiger partial charge in [0.05, 0.1) is 12.2 Å². The molecule has 0 aliphatic rings. The van der Waals surface area contributed by atoms with E-state index < -0.39 is 0 Å². The standard InChI is InChI=1S/C11H17N3O/c1-4-5-6-7-15-11-9(2)10(12-3)13-8-14-11/h4,8H,1,5-7H2,2-3H3,(H,12,13,14). The first kappa shape index (κ1) is 11.5. The fourth-order valence-electron chi connectivity index (χ4n) is 1.23. The number of ether oxygens (including phenoxy) is 1. The lowest BCUT2D eigenvalue weighted by atomic mass is 10.3. The van der Waals surface area contributed by atoms with Crippen LogP contribution in [0.4, 0.5) is 5.82 Å². The Bertz CT molecular complexity index is 326. The molecule has 0 aromatic carbocycles. The largest absolute Gasteiger partial charge is 0.477 e. The average Bonchev–Trinajstić information content (AvgIpc) is 2.26. The predicted octanol–water partition coefficient (Wildman–Crippen LogP) is 2.17. The molecule has 0 radical (unpaired) electrons.